The number of anilines is 1. The number of aliphatic imine (C=N–C) groups is 1. The van der Waals surface area contributed by atoms with E-state index in [0.29, 0.717) is 55.4 Å². The molecule has 3 aromatic rings. The summed E-state index contributed by atoms with van der Waals surface area (Å²) in [5.74, 6) is -2.51. The standard InChI is InChI=1S/C26H32N8O3S.C2HF3O2/c1-5-27-24(37)29-21-20(16-8-6-7-9-17(16)38-21)22(35)33-12-10-26(11-13-33)23(36)28-19(30-26)15-34-14-18(31-32-34)25(2,3)4;3-2(4,5)1(6)7/h6-9,14H,5,10-13,15H2,1-4H3,(H2,27,29,37)(H,28,30,36);(H,6,7). The molecule has 4 N–H and O–H groups in total. The van der Waals surface area contributed by atoms with Gasteiger partial charge in [0.15, 0.2) is 0 Å². The van der Waals surface area contributed by atoms with Crippen molar-refractivity contribution < 1.29 is 37.5 Å². The topological polar surface area (TPSA) is 171 Å². The zero-order chi connectivity index (χ0) is 33.2. The third kappa shape index (κ3) is 7.58. The average molecular weight is 651 g/mol. The summed E-state index contributed by atoms with van der Waals surface area (Å²) < 4.78 is 34.3. The smallest absolute Gasteiger partial charge is 0.475 e. The first-order valence-electron chi connectivity index (χ1n) is 14.0. The number of amidine groups is 1. The van der Waals surface area contributed by atoms with E-state index in [9.17, 15) is 27.6 Å². The van der Waals surface area contributed by atoms with Gasteiger partial charge in [-0.3, -0.25) is 19.9 Å². The summed E-state index contributed by atoms with van der Waals surface area (Å²) in [7, 11) is 0. The number of halogens is 3. The van der Waals surface area contributed by atoms with Gasteiger partial charge in [-0.1, -0.05) is 44.2 Å². The number of hydrogen-bond acceptors (Lipinski definition) is 8. The number of thiophene rings is 1. The molecule has 242 valence electrons. The summed E-state index contributed by atoms with van der Waals surface area (Å²) in [6, 6.07) is 7.27. The molecule has 0 atom stereocenters. The van der Waals surface area contributed by atoms with Gasteiger partial charge in [-0.05, 0) is 25.8 Å². The van der Waals surface area contributed by atoms with Gasteiger partial charge in [0.2, 0.25) is 0 Å². The molecule has 4 amide bonds. The Bertz CT molecular complexity index is 1630. The number of piperidine rings is 1. The molecular weight excluding hydrogens is 617 g/mol. The quantitative estimate of drug-likeness (QED) is 0.326. The highest BCUT2D eigenvalue weighted by Crippen LogP contribution is 2.38. The molecule has 2 aromatic heterocycles. The number of carbonyl (C=O) groups is 4. The lowest BCUT2D eigenvalue weighted by Gasteiger charge is -2.35. The minimum Gasteiger partial charge on any atom is -0.475 e. The Balaban J connectivity index is 0.000000591. The van der Waals surface area contributed by atoms with Gasteiger partial charge in [0.1, 0.15) is 22.9 Å². The van der Waals surface area contributed by atoms with Crippen LogP contribution >= 0.6 is 11.3 Å². The van der Waals surface area contributed by atoms with Crippen molar-refractivity contribution in [2.75, 3.05) is 25.0 Å². The normalized spacial score (nSPS) is 16.1. The van der Waals surface area contributed by atoms with E-state index in [2.05, 4.69) is 47.0 Å². The van der Waals surface area contributed by atoms with Crippen molar-refractivity contribution in [3.63, 3.8) is 0 Å². The number of nitrogens with one attached hydrogen (secondary N) is 3. The van der Waals surface area contributed by atoms with Crippen LogP contribution in [0, 0.1) is 0 Å². The predicted octanol–water partition coefficient (Wildman–Crippen LogP) is 3.77. The maximum atomic E-state index is 13.7. The third-order valence-electron chi connectivity index (χ3n) is 7.14. The minimum atomic E-state index is -5.08. The highest BCUT2D eigenvalue weighted by Gasteiger charge is 2.47. The number of rotatable bonds is 5. The Morgan fingerprint density at radius 2 is 1.78 bits per heavy atom. The van der Waals surface area contributed by atoms with Crippen LogP contribution in [0.3, 0.4) is 0 Å². The number of likely N-dealkylation sites (tertiary alicyclic amines) is 1. The summed E-state index contributed by atoms with van der Waals surface area (Å²) in [5, 5.41) is 25.3. The van der Waals surface area contributed by atoms with Gasteiger partial charge in [-0.25, -0.2) is 14.3 Å². The number of carboxylic acid groups (broad SMARTS) is 1. The summed E-state index contributed by atoms with van der Waals surface area (Å²) in [6.45, 7) is 9.61. The zero-order valence-corrected chi connectivity index (χ0v) is 25.8. The lowest BCUT2D eigenvalue weighted by Crippen LogP contribution is -2.50. The molecule has 2 aliphatic rings. The van der Waals surface area contributed by atoms with Gasteiger partial charge in [0.25, 0.3) is 11.8 Å². The Morgan fingerprint density at radius 3 is 2.36 bits per heavy atom. The molecule has 0 radical (unpaired) electrons. The van der Waals surface area contributed by atoms with Gasteiger partial charge in [-0.15, -0.1) is 16.4 Å². The maximum absolute atomic E-state index is 13.7. The molecule has 4 heterocycles. The second kappa shape index (κ2) is 12.8. The fourth-order valence-corrected chi connectivity index (χ4v) is 5.85. The van der Waals surface area contributed by atoms with Crippen LogP contribution < -0.4 is 16.0 Å². The number of aromatic nitrogens is 3. The van der Waals surface area contributed by atoms with Gasteiger partial charge in [0.05, 0.1) is 11.3 Å². The first kappa shape index (κ1) is 33.4. The van der Waals surface area contributed by atoms with E-state index in [1.807, 2.05) is 37.4 Å². The van der Waals surface area contributed by atoms with Crippen LogP contribution in [0.15, 0.2) is 35.5 Å². The Labute approximate surface area is 259 Å². The van der Waals surface area contributed by atoms with Crippen molar-refractivity contribution >= 4 is 56.1 Å². The number of fused-ring (bicyclic) bond motifs is 1. The summed E-state index contributed by atoms with van der Waals surface area (Å²) in [5.41, 5.74) is 0.334. The largest absolute Gasteiger partial charge is 0.490 e. The number of benzene rings is 1. The molecule has 13 nitrogen and oxygen atoms in total. The van der Waals surface area contributed by atoms with E-state index in [0.717, 1.165) is 15.8 Å². The molecule has 1 fully saturated rings. The number of nitrogens with zero attached hydrogens (tertiary/aromatic N) is 5. The van der Waals surface area contributed by atoms with Crippen molar-refractivity contribution in [3.8, 4) is 0 Å². The van der Waals surface area contributed by atoms with E-state index < -0.39 is 17.7 Å². The van der Waals surface area contributed by atoms with Gasteiger partial charge < -0.3 is 20.6 Å². The molecule has 45 heavy (non-hydrogen) atoms. The molecular formula is C28H33F3N8O5S. The second-order valence-corrected chi connectivity index (χ2v) is 12.5. The lowest BCUT2D eigenvalue weighted by molar-refractivity contribution is -0.192. The fraction of sp³-hybridized carbons (Fsp3) is 0.464. The average Bonchev–Trinajstić information content (AvgIpc) is 3.64. The lowest BCUT2D eigenvalue weighted by atomic mass is 9.87. The number of aliphatic carboxylic acids is 1. The van der Waals surface area contributed by atoms with E-state index in [1.54, 1.807) is 9.58 Å². The zero-order valence-electron chi connectivity index (χ0n) is 25.0. The molecule has 0 aliphatic carbocycles. The Kier molecular flexibility index (Phi) is 9.51. The highest BCUT2D eigenvalue weighted by atomic mass is 32.1. The fourth-order valence-electron chi connectivity index (χ4n) is 4.76. The van der Waals surface area contributed by atoms with Gasteiger partial charge in [-0.2, -0.15) is 13.2 Å². The van der Waals surface area contributed by atoms with Crippen molar-refractivity contribution in [1.82, 2.24) is 30.5 Å². The van der Waals surface area contributed by atoms with Crippen LogP contribution in [-0.2, 0) is 21.5 Å². The predicted molar refractivity (Wildman–Crippen MR) is 160 cm³/mol. The molecule has 2 aliphatic heterocycles. The van der Waals surface area contributed by atoms with Crippen molar-refractivity contribution in [2.45, 2.75) is 64.2 Å². The van der Waals surface area contributed by atoms with Crippen molar-refractivity contribution in [1.29, 1.82) is 0 Å². The van der Waals surface area contributed by atoms with Gasteiger partial charge in [0, 0.05) is 41.3 Å². The molecule has 0 saturated carbocycles. The molecule has 1 saturated heterocycles. The van der Waals surface area contributed by atoms with Crippen molar-refractivity contribution in [2.24, 2.45) is 4.99 Å². The van der Waals surface area contributed by atoms with Crippen LogP contribution in [0.2, 0.25) is 0 Å². The minimum absolute atomic E-state index is 0.122. The number of urea groups is 1. The SMILES string of the molecule is CCNC(=O)Nc1sc2ccccc2c1C(=O)N1CCC2(CC1)N=C(Cn1cc(C(C)(C)C)nn1)NC2=O.O=C(O)C(F)(F)F. The van der Waals surface area contributed by atoms with Gasteiger partial charge >= 0.3 is 18.2 Å². The van der Waals surface area contributed by atoms with Crippen LogP contribution in [0.4, 0.5) is 23.0 Å². The first-order valence-corrected chi connectivity index (χ1v) is 14.8. The van der Waals surface area contributed by atoms with E-state index in [-0.39, 0.29) is 23.3 Å². The highest BCUT2D eigenvalue weighted by molar-refractivity contribution is 7.23. The molecule has 0 unspecified atom stereocenters. The van der Waals surface area contributed by atoms with Crippen molar-refractivity contribution in [3.05, 3.63) is 41.7 Å². The number of carbonyl (C=O) groups excluding carboxylic acids is 3. The van der Waals surface area contributed by atoms with Crippen LogP contribution in [0.25, 0.3) is 10.1 Å². The van der Waals surface area contributed by atoms with E-state index in [1.165, 1.54) is 11.3 Å². The van der Waals surface area contributed by atoms with E-state index >= 15 is 0 Å². The Hall–Kier alpha value is -4.54. The monoisotopic (exact) mass is 650 g/mol. The van der Waals surface area contributed by atoms with Crippen LogP contribution in [0.1, 0.15) is 56.6 Å². The molecule has 5 rings (SSSR count). The van der Waals surface area contributed by atoms with Crippen LogP contribution in [-0.4, -0.2) is 86.0 Å². The summed E-state index contributed by atoms with van der Waals surface area (Å²) in [4.78, 5) is 54.4. The van der Waals surface area contributed by atoms with Crippen LogP contribution in [0.5, 0.6) is 0 Å². The third-order valence-corrected chi connectivity index (χ3v) is 8.23. The number of carboxylic acids is 1. The number of hydrogen-bond donors (Lipinski definition) is 4. The molecule has 1 aromatic carbocycles. The molecule has 1 spiro atoms. The Morgan fingerprint density at radius 1 is 1.13 bits per heavy atom. The molecule has 0 bridgehead atoms. The van der Waals surface area contributed by atoms with E-state index in [4.69, 9.17) is 14.9 Å². The number of alkyl halides is 3. The first-order chi connectivity index (χ1) is 21.0. The second-order valence-electron chi connectivity index (χ2n) is 11.5. The molecule has 17 heteroatoms. The summed E-state index contributed by atoms with van der Waals surface area (Å²) >= 11 is 1.38. The number of amides is 4. The maximum Gasteiger partial charge on any atom is 0.490 e. The summed E-state index contributed by atoms with van der Waals surface area (Å²) in [6.07, 6.45) is -2.38.